The lowest BCUT2D eigenvalue weighted by Gasteiger charge is -2.31. The minimum atomic E-state index is 0.442. The first-order valence-corrected chi connectivity index (χ1v) is 8.74. The molecule has 1 aliphatic heterocycles. The largest absolute Gasteiger partial charge is 0.292 e. The summed E-state index contributed by atoms with van der Waals surface area (Å²) in [5.74, 6) is 0. The van der Waals surface area contributed by atoms with E-state index >= 15 is 0 Å². The van der Waals surface area contributed by atoms with Crippen LogP contribution in [0.15, 0.2) is 66.9 Å². The molecule has 1 heterocycles. The van der Waals surface area contributed by atoms with Gasteiger partial charge in [0.1, 0.15) is 0 Å². The average molecular weight is 322 g/mol. The van der Waals surface area contributed by atoms with Crippen LogP contribution in [-0.2, 0) is 6.42 Å². The Kier molecular flexibility index (Phi) is 5.68. The van der Waals surface area contributed by atoms with Crippen LogP contribution in [0.2, 0.25) is 0 Å². The number of hydrogen-bond donors (Lipinski definition) is 2. The molecule has 1 unspecified atom stereocenters. The smallest absolute Gasteiger partial charge is 0.0354 e. The predicted octanol–water partition coefficient (Wildman–Crippen LogP) is 4.62. The van der Waals surface area contributed by atoms with E-state index in [0.717, 1.165) is 13.0 Å². The van der Waals surface area contributed by atoms with Crippen LogP contribution in [0, 0.1) is 0 Å². The number of likely N-dealkylation sites (tertiary alicyclic amines) is 1. The van der Waals surface area contributed by atoms with Gasteiger partial charge < -0.3 is 0 Å². The molecule has 0 radical (unpaired) electrons. The molecule has 0 saturated carbocycles. The second-order valence-corrected chi connectivity index (χ2v) is 6.46. The molecule has 1 aliphatic rings. The number of hydrogen-bond acceptors (Lipinski definition) is 3. The van der Waals surface area contributed by atoms with E-state index in [9.17, 15) is 0 Å². The maximum absolute atomic E-state index is 8.56. The van der Waals surface area contributed by atoms with Gasteiger partial charge in [-0.3, -0.25) is 15.6 Å². The zero-order chi connectivity index (χ0) is 16.8. The third-order valence-electron chi connectivity index (χ3n) is 4.98. The second kappa shape index (κ2) is 8.13. The van der Waals surface area contributed by atoms with Crippen molar-refractivity contribution in [2.75, 3.05) is 6.54 Å². The predicted molar refractivity (Wildman–Crippen MR) is 97.7 cm³/mol. The lowest BCUT2D eigenvalue weighted by molar-refractivity contribution is 0.194. The molecule has 1 fully saturated rings. The molecule has 24 heavy (non-hydrogen) atoms. The van der Waals surface area contributed by atoms with Crippen molar-refractivity contribution in [1.29, 1.82) is 0 Å². The summed E-state index contributed by atoms with van der Waals surface area (Å²) in [5.41, 5.74) is 6.09. The van der Waals surface area contributed by atoms with E-state index in [2.05, 4.69) is 66.4 Å². The molecule has 0 spiro atoms. The fourth-order valence-corrected chi connectivity index (χ4v) is 3.66. The molecule has 2 aromatic rings. The highest BCUT2D eigenvalue weighted by Crippen LogP contribution is 2.38. The number of nitrogens with one attached hydrogen (secondary N) is 1. The first-order chi connectivity index (χ1) is 11.8. The molecule has 126 valence electrons. The fourth-order valence-electron chi connectivity index (χ4n) is 3.66. The molecule has 0 bridgehead atoms. The Labute approximate surface area is 144 Å². The van der Waals surface area contributed by atoms with E-state index in [0.29, 0.717) is 12.1 Å². The zero-order valence-electron chi connectivity index (χ0n) is 14.2. The summed E-state index contributed by atoms with van der Waals surface area (Å²) in [4.78, 5) is 2.62. The van der Waals surface area contributed by atoms with Crippen molar-refractivity contribution in [1.82, 2.24) is 10.4 Å². The number of benzene rings is 2. The van der Waals surface area contributed by atoms with Crippen molar-refractivity contribution in [3.05, 3.63) is 83.6 Å². The van der Waals surface area contributed by atoms with Crippen LogP contribution >= 0.6 is 0 Å². The maximum Gasteiger partial charge on any atom is 0.0354 e. The Morgan fingerprint density at radius 1 is 1.17 bits per heavy atom. The van der Waals surface area contributed by atoms with Crippen LogP contribution in [-0.4, -0.2) is 16.7 Å². The van der Waals surface area contributed by atoms with Crippen molar-refractivity contribution in [2.24, 2.45) is 0 Å². The average Bonchev–Trinajstić information content (AvgIpc) is 3.12. The minimum absolute atomic E-state index is 0.442. The molecular formula is C21H26N2O. The Bertz CT molecular complexity index is 651. The highest BCUT2D eigenvalue weighted by Gasteiger charge is 2.30. The van der Waals surface area contributed by atoms with Crippen LogP contribution in [0.5, 0.6) is 0 Å². The van der Waals surface area contributed by atoms with Gasteiger partial charge >= 0.3 is 0 Å². The van der Waals surface area contributed by atoms with Gasteiger partial charge in [-0.05, 0) is 49.4 Å². The molecule has 2 N–H and O–H groups in total. The first kappa shape index (κ1) is 16.7. The minimum Gasteiger partial charge on any atom is -0.292 e. The fraction of sp³-hybridized carbons (Fsp3) is 0.333. The molecular weight excluding hydrogens is 296 g/mol. The lowest BCUT2D eigenvalue weighted by atomic mass is 9.99. The molecule has 2 atom stereocenters. The van der Waals surface area contributed by atoms with E-state index in [1.165, 1.54) is 29.5 Å². The van der Waals surface area contributed by atoms with Crippen molar-refractivity contribution < 1.29 is 5.21 Å². The van der Waals surface area contributed by atoms with Crippen LogP contribution in [0.25, 0.3) is 0 Å². The molecule has 2 aromatic carbocycles. The van der Waals surface area contributed by atoms with Crippen molar-refractivity contribution >= 4 is 0 Å². The van der Waals surface area contributed by atoms with Crippen molar-refractivity contribution in [3.63, 3.8) is 0 Å². The van der Waals surface area contributed by atoms with Gasteiger partial charge in [0.05, 0.1) is 0 Å². The van der Waals surface area contributed by atoms with Gasteiger partial charge in [0.15, 0.2) is 0 Å². The van der Waals surface area contributed by atoms with E-state index in [-0.39, 0.29) is 0 Å². The standard InChI is InChI=1S/C21H26N2O/c1-17(19-8-3-2-4-9-19)23-16-6-10-21(23)20-13-11-18(12-14-20)7-5-15-22-24/h2-5,8-9,11-15,17,21-22,24H,6-7,10,16H2,1H3/b15-5+/t17?,21-/m0/s1. The molecule has 0 aliphatic carbocycles. The van der Waals surface area contributed by atoms with Crippen LogP contribution in [0.3, 0.4) is 0 Å². The third kappa shape index (κ3) is 3.86. The summed E-state index contributed by atoms with van der Waals surface area (Å²) in [7, 11) is 0. The highest BCUT2D eigenvalue weighted by atomic mass is 16.5. The summed E-state index contributed by atoms with van der Waals surface area (Å²) >= 11 is 0. The number of hydroxylamine groups is 1. The summed E-state index contributed by atoms with van der Waals surface area (Å²) in [6.07, 6.45) is 6.77. The third-order valence-corrected chi connectivity index (χ3v) is 4.98. The number of rotatable bonds is 6. The topological polar surface area (TPSA) is 35.5 Å². The Hall–Kier alpha value is -2.10. The highest BCUT2D eigenvalue weighted by molar-refractivity contribution is 5.28. The van der Waals surface area contributed by atoms with Gasteiger partial charge in [0, 0.05) is 18.3 Å². The van der Waals surface area contributed by atoms with Gasteiger partial charge in [0.25, 0.3) is 0 Å². The molecule has 1 saturated heterocycles. The summed E-state index contributed by atoms with van der Waals surface area (Å²) in [6.45, 7) is 3.47. The number of nitrogens with zero attached hydrogens (tertiary/aromatic N) is 1. The second-order valence-electron chi connectivity index (χ2n) is 6.46. The molecule has 3 rings (SSSR count). The molecule has 3 nitrogen and oxygen atoms in total. The quantitative estimate of drug-likeness (QED) is 0.762. The summed E-state index contributed by atoms with van der Waals surface area (Å²) < 4.78 is 0. The Morgan fingerprint density at radius 3 is 2.62 bits per heavy atom. The van der Waals surface area contributed by atoms with Crippen LogP contribution in [0.4, 0.5) is 0 Å². The van der Waals surface area contributed by atoms with Gasteiger partial charge in [-0.25, -0.2) is 0 Å². The Balaban J connectivity index is 1.72. The zero-order valence-corrected chi connectivity index (χ0v) is 14.2. The molecule has 0 amide bonds. The first-order valence-electron chi connectivity index (χ1n) is 8.74. The van der Waals surface area contributed by atoms with Gasteiger partial charge in [-0.1, -0.05) is 60.7 Å². The van der Waals surface area contributed by atoms with Crippen molar-refractivity contribution in [2.45, 2.75) is 38.3 Å². The van der Waals surface area contributed by atoms with E-state index in [1.807, 2.05) is 11.6 Å². The van der Waals surface area contributed by atoms with Gasteiger partial charge in [-0.15, -0.1) is 0 Å². The van der Waals surface area contributed by atoms with E-state index < -0.39 is 0 Å². The SMILES string of the molecule is CC(c1ccccc1)N1CCC[C@H]1c1ccc(C/C=C/NO)cc1. The summed E-state index contributed by atoms with van der Waals surface area (Å²) in [6, 6.07) is 20.6. The molecule has 0 aromatic heterocycles. The summed E-state index contributed by atoms with van der Waals surface area (Å²) in [5, 5.41) is 8.56. The lowest BCUT2D eigenvalue weighted by Crippen LogP contribution is -2.26. The van der Waals surface area contributed by atoms with Crippen LogP contribution in [0.1, 0.15) is 48.5 Å². The van der Waals surface area contributed by atoms with Crippen molar-refractivity contribution in [3.8, 4) is 0 Å². The van der Waals surface area contributed by atoms with E-state index in [1.54, 1.807) is 6.20 Å². The Morgan fingerprint density at radius 2 is 1.92 bits per heavy atom. The van der Waals surface area contributed by atoms with Gasteiger partial charge in [-0.2, -0.15) is 0 Å². The van der Waals surface area contributed by atoms with E-state index in [4.69, 9.17) is 5.21 Å². The normalized spacial score (nSPS) is 19.7. The monoisotopic (exact) mass is 322 g/mol. The van der Waals surface area contributed by atoms with Gasteiger partial charge in [0.2, 0.25) is 0 Å². The van der Waals surface area contributed by atoms with Crippen LogP contribution < -0.4 is 5.48 Å². The number of allylic oxidation sites excluding steroid dienone is 1. The molecule has 3 heteroatoms. The maximum atomic E-state index is 8.56.